The van der Waals surface area contributed by atoms with Crippen molar-refractivity contribution in [3.05, 3.63) is 52.8 Å². The van der Waals surface area contributed by atoms with Crippen LogP contribution in [0.3, 0.4) is 0 Å². The summed E-state index contributed by atoms with van der Waals surface area (Å²) in [4.78, 5) is 24.9. The van der Waals surface area contributed by atoms with Crippen LogP contribution >= 0.6 is 11.8 Å². The van der Waals surface area contributed by atoms with Crippen LogP contribution in [0, 0.1) is 5.82 Å². The van der Waals surface area contributed by atoms with Crippen molar-refractivity contribution < 1.29 is 9.18 Å². The van der Waals surface area contributed by atoms with Gasteiger partial charge in [0.25, 0.3) is 0 Å². The number of fused-ring (bicyclic) bond motifs is 1. The van der Waals surface area contributed by atoms with Crippen LogP contribution in [0.5, 0.6) is 0 Å². The van der Waals surface area contributed by atoms with Gasteiger partial charge in [0.2, 0.25) is 11.6 Å². The molecule has 1 fully saturated rings. The minimum Gasteiger partial charge on any atom is -0.353 e. The summed E-state index contributed by atoms with van der Waals surface area (Å²) >= 11 is 1.25. The molecule has 1 saturated carbocycles. The standard InChI is InChI=1S/C19H20FN5O2S/c20-13-6-8-15(9-7-13)24-10-11-25-17(18(24)27)22-23-19(25)28-12-16(26)21-14-4-2-1-3-5-14/h6-11,14H,1-5,12H2,(H,21,26). The lowest BCUT2D eigenvalue weighted by Gasteiger charge is -2.22. The third-order valence-corrected chi connectivity index (χ3v) is 5.79. The minimum absolute atomic E-state index is 0.0340. The van der Waals surface area contributed by atoms with E-state index >= 15 is 0 Å². The van der Waals surface area contributed by atoms with Gasteiger partial charge in [-0.05, 0) is 37.1 Å². The summed E-state index contributed by atoms with van der Waals surface area (Å²) in [6, 6.07) is 5.90. The van der Waals surface area contributed by atoms with Crippen molar-refractivity contribution in [2.45, 2.75) is 43.3 Å². The molecule has 9 heteroatoms. The lowest BCUT2D eigenvalue weighted by molar-refractivity contribution is -0.119. The SMILES string of the molecule is O=C(CSc1nnc2c(=O)n(-c3ccc(F)cc3)ccn12)NC1CCCCC1. The van der Waals surface area contributed by atoms with Gasteiger partial charge in [0, 0.05) is 24.1 Å². The van der Waals surface area contributed by atoms with E-state index in [2.05, 4.69) is 15.5 Å². The van der Waals surface area contributed by atoms with E-state index in [0.717, 1.165) is 25.7 Å². The van der Waals surface area contributed by atoms with Crippen LogP contribution in [0.15, 0.2) is 46.6 Å². The van der Waals surface area contributed by atoms with E-state index in [0.29, 0.717) is 10.8 Å². The maximum absolute atomic E-state index is 13.1. The fourth-order valence-corrected chi connectivity index (χ4v) is 4.14. The number of nitrogens with one attached hydrogen (secondary N) is 1. The van der Waals surface area contributed by atoms with Crippen molar-refractivity contribution in [2.75, 3.05) is 5.75 Å². The zero-order chi connectivity index (χ0) is 19.5. The molecule has 0 atom stereocenters. The Bertz CT molecular complexity index is 1040. The molecule has 1 aliphatic rings. The molecule has 4 rings (SSSR count). The molecule has 146 valence electrons. The number of hydrogen-bond donors (Lipinski definition) is 1. The molecule has 0 bridgehead atoms. The molecule has 2 heterocycles. The molecule has 1 amide bonds. The zero-order valence-electron chi connectivity index (χ0n) is 15.2. The van der Waals surface area contributed by atoms with Gasteiger partial charge in [-0.25, -0.2) is 4.39 Å². The number of benzene rings is 1. The van der Waals surface area contributed by atoms with Gasteiger partial charge >= 0.3 is 5.56 Å². The molecule has 0 spiro atoms. The summed E-state index contributed by atoms with van der Waals surface area (Å²) in [6.07, 6.45) is 8.88. The number of aromatic nitrogens is 4. The second-order valence-electron chi connectivity index (χ2n) is 6.82. The molecule has 0 aliphatic heterocycles. The minimum atomic E-state index is -0.370. The summed E-state index contributed by atoms with van der Waals surface area (Å²) in [5, 5.41) is 11.6. The summed E-state index contributed by atoms with van der Waals surface area (Å²) in [5.74, 6) is -0.183. The van der Waals surface area contributed by atoms with Crippen LogP contribution in [0.4, 0.5) is 4.39 Å². The van der Waals surface area contributed by atoms with E-state index in [-0.39, 0.29) is 34.7 Å². The Kier molecular flexibility index (Phi) is 5.43. The highest BCUT2D eigenvalue weighted by atomic mass is 32.2. The highest BCUT2D eigenvalue weighted by Gasteiger charge is 2.17. The van der Waals surface area contributed by atoms with Crippen LogP contribution in [0.1, 0.15) is 32.1 Å². The van der Waals surface area contributed by atoms with E-state index in [4.69, 9.17) is 0 Å². The van der Waals surface area contributed by atoms with Gasteiger partial charge in [0.1, 0.15) is 5.82 Å². The van der Waals surface area contributed by atoms with Gasteiger partial charge in [-0.15, -0.1) is 10.2 Å². The van der Waals surface area contributed by atoms with Crippen LogP contribution in [-0.4, -0.2) is 36.9 Å². The number of amides is 1. The van der Waals surface area contributed by atoms with Gasteiger partial charge in [-0.2, -0.15) is 0 Å². The van der Waals surface area contributed by atoms with Crippen LogP contribution in [-0.2, 0) is 4.79 Å². The normalized spacial score (nSPS) is 15.0. The Labute approximate surface area is 165 Å². The summed E-state index contributed by atoms with van der Waals surface area (Å²) in [5.41, 5.74) is 0.333. The highest BCUT2D eigenvalue weighted by molar-refractivity contribution is 7.99. The molecular weight excluding hydrogens is 381 g/mol. The van der Waals surface area contributed by atoms with E-state index < -0.39 is 0 Å². The maximum Gasteiger partial charge on any atom is 0.300 e. The van der Waals surface area contributed by atoms with Crippen molar-refractivity contribution >= 4 is 23.3 Å². The summed E-state index contributed by atoms with van der Waals surface area (Å²) in [7, 11) is 0. The van der Waals surface area contributed by atoms with E-state index in [1.54, 1.807) is 16.8 Å². The van der Waals surface area contributed by atoms with E-state index in [9.17, 15) is 14.0 Å². The largest absolute Gasteiger partial charge is 0.353 e. The number of nitrogens with zero attached hydrogens (tertiary/aromatic N) is 4. The number of carbonyl (C=O) groups excluding carboxylic acids is 1. The molecule has 1 aliphatic carbocycles. The first-order valence-corrected chi connectivity index (χ1v) is 10.2. The van der Waals surface area contributed by atoms with Crippen molar-refractivity contribution in [3.63, 3.8) is 0 Å². The van der Waals surface area contributed by atoms with Crippen LogP contribution in [0.2, 0.25) is 0 Å². The lowest BCUT2D eigenvalue weighted by Crippen LogP contribution is -2.37. The van der Waals surface area contributed by atoms with Crippen molar-refractivity contribution in [1.82, 2.24) is 24.5 Å². The Hall–Kier alpha value is -2.68. The highest BCUT2D eigenvalue weighted by Crippen LogP contribution is 2.19. The molecule has 7 nitrogen and oxygen atoms in total. The molecule has 3 aromatic rings. The number of rotatable bonds is 5. The first kappa shape index (κ1) is 18.7. The Morgan fingerprint density at radius 3 is 2.64 bits per heavy atom. The topological polar surface area (TPSA) is 81.3 Å². The third-order valence-electron chi connectivity index (χ3n) is 4.85. The first-order chi connectivity index (χ1) is 13.6. The fraction of sp³-hybridized carbons (Fsp3) is 0.368. The molecule has 28 heavy (non-hydrogen) atoms. The van der Waals surface area contributed by atoms with Gasteiger partial charge in [-0.3, -0.25) is 18.6 Å². The van der Waals surface area contributed by atoms with Crippen LogP contribution < -0.4 is 10.9 Å². The summed E-state index contributed by atoms with van der Waals surface area (Å²) in [6.45, 7) is 0. The zero-order valence-corrected chi connectivity index (χ0v) is 16.0. The fourth-order valence-electron chi connectivity index (χ4n) is 3.42. The number of hydrogen-bond acceptors (Lipinski definition) is 5. The molecule has 0 radical (unpaired) electrons. The Morgan fingerprint density at radius 1 is 1.14 bits per heavy atom. The average Bonchev–Trinajstić information content (AvgIpc) is 3.12. The number of carbonyl (C=O) groups is 1. The van der Waals surface area contributed by atoms with Gasteiger partial charge in [-0.1, -0.05) is 31.0 Å². The Balaban J connectivity index is 1.48. The first-order valence-electron chi connectivity index (χ1n) is 9.26. The van der Waals surface area contributed by atoms with Crippen molar-refractivity contribution in [1.29, 1.82) is 0 Å². The average molecular weight is 401 g/mol. The van der Waals surface area contributed by atoms with E-state index in [1.807, 2.05) is 0 Å². The van der Waals surface area contributed by atoms with Crippen molar-refractivity contribution in [3.8, 4) is 5.69 Å². The predicted molar refractivity (Wildman–Crippen MR) is 104 cm³/mol. The quantitative estimate of drug-likeness (QED) is 0.665. The molecule has 0 unspecified atom stereocenters. The molecular formula is C19H20FN5O2S. The van der Waals surface area contributed by atoms with Gasteiger partial charge in [0.05, 0.1) is 5.75 Å². The molecule has 1 N–H and O–H groups in total. The lowest BCUT2D eigenvalue weighted by atomic mass is 9.95. The molecule has 0 saturated heterocycles. The summed E-state index contributed by atoms with van der Waals surface area (Å²) < 4.78 is 16.1. The second-order valence-corrected chi connectivity index (χ2v) is 7.76. The molecule has 2 aromatic heterocycles. The van der Waals surface area contributed by atoms with Crippen LogP contribution in [0.25, 0.3) is 11.3 Å². The molecule has 1 aromatic carbocycles. The third kappa shape index (κ3) is 3.94. The number of halogens is 1. The van der Waals surface area contributed by atoms with Crippen molar-refractivity contribution in [2.24, 2.45) is 0 Å². The predicted octanol–water partition coefficient (Wildman–Crippen LogP) is 2.56. The van der Waals surface area contributed by atoms with E-state index in [1.165, 1.54) is 47.0 Å². The smallest absolute Gasteiger partial charge is 0.300 e. The van der Waals surface area contributed by atoms with Gasteiger partial charge in [0.15, 0.2) is 5.16 Å². The second kappa shape index (κ2) is 8.14. The monoisotopic (exact) mass is 401 g/mol. The Morgan fingerprint density at radius 2 is 1.89 bits per heavy atom. The van der Waals surface area contributed by atoms with Gasteiger partial charge < -0.3 is 5.32 Å². The number of thioether (sulfide) groups is 1. The maximum atomic E-state index is 13.1.